The zero-order valence-electron chi connectivity index (χ0n) is 18.3. The predicted octanol–water partition coefficient (Wildman–Crippen LogP) is 5.36. The monoisotopic (exact) mass is 562 g/mol. The lowest BCUT2D eigenvalue weighted by atomic mass is 10.0. The van der Waals surface area contributed by atoms with Crippen LogP contribution in [0.25, 0.3) is 11.3 Å². The first-order valence-electron chi connectivity index (χ1n) is 10.5. The molecule has 0 spiro atoms. The lowest BCUT2D eigenvalue weighted by Crippen LogP contribution is -2.31. The number of aromatic nitrogens is 2. The number of fused-ring (bicyclic) bond motifs is 1. The van der Waals surface area contributed by atoms with Crippen LogP contribution < -0.4 is 20.1 Å². The Morgan fingerprint density at radius 2 is 2.21 bits per heavy atom. The van der Waals surface area contributed by atoms with Crippen molar-refractivity contribution in [2.75, 3.05) is 25.6 Å². The average Bonchev–Trinajstić information content (AvgIpc) is 3.19. The van der Waals surface area contributed by atoms with E-state index in [0.29, 0.717) is 48.0 Å². The Morgan fingerprint density at radius 1 is 1.36 bits per heavy atom. The number of hydrogen-bond acceptors (Lipinski definition) is 5. The Labute approximate surface area is 204 Å². The summed E-state index contributed by atoms with van der Waals surface area (Å²) in [6.07, 6.45) is 4.76. The van der Waals surface area contributed by atoms with Gasteiger partial charge < -0.3 is 25.1 Å². The number of pyridine rings is 1. The smallest absolute Gasteiger partial charge is 0.255 e. The highest BCUT2D eigenvalue weighted by Gasteiger charge is 2.28. The number of anilines is 2. The van der Waals surface area contributed by atoms with Crippen molar-refractivity contribution in [2.24, 2.45) is 0 Å². The summed E-state index contributed by atoms with van der Waals surface area (Å²) in [5.74, 6) is -0.0330. The van der Waals surface area contributed by atoms with Gasteiger partial charge in [-0.15, -0.1) is 0 Å². The van der Waals surface area contributed by atoms with Crippen LogP contribution in [0.3, 0.4) is 0 Å². The summed E-state index contributed by atoms with van der Waals surface area (Å²) in [4.78, 5) is 20.4. The minimum Gasteiger partial charge on any atom is -0.492 e. The van der Waals surface area contributed by atoms with Crippen molar-refractivity contribution in [3.8, 4) is 22.8 Å². The summed E-state index contributed by atoms with van der Waals surface area (Å²) >= 11 is 2.21. The van der Waals surface area contributed by atoms with Crippen molar-refractivity contribution < 1.29 is 18.7 Å². The van der Waals surface area contributed by atoms with Crippen molar-refractivity contribution >= 4 is 39.9 Å². The van der Waals surface area contributed by atoms with E-state index in [1.807, 2.05) is 17.1 Å². The van der Waals surface area contributed by atoms with Gasteiger partial charge in [-0.3, -0.25) is 9.78 Å². The van der Waals surface area contributed by atoms with Crippen LogP contribution in [0.2, 0.25) is 0 Å². The normalized spacial score (nSPS) is 13.3. The molecule has 0 bridgehead atoms. The molecule has 0 atom stereocenters. The minimum atomic E-state index is -0.496. The Balaban J connectivity index is 1.79. The highest BCUT2D eigenvalue weighted by Crippen LogP contribution is 2.42. The Morgan fingerprint density at radius 3 is 3.00 bits per heavy atom. The second kappa shape index (κ2) is 10.2. The van der Waals surface area contributed by atoms with Crippen molar-refractivity contribution in [1.29, 1.82) is 0 Å². The van der Waals surface area contributed by atoms with Crippen LogP contribution >= 0.6 is 22.6 Å². The van der Waals surface area contributed by atoms with Gasteiger partial charge in [-0.05, 0) is 29.2 Å². The van der Waals surface area contributed by atoms with E-state index in [4.69, 9.17) is 9.47 Å². The second-order valence-electron chi connectivity index (χ2n) is 7.61. The van der Waals surface area contributed by atoms with Crippen LogP contribution in [0.5, 0.6) is 11.5 Å². The maximum absolute atomic E-state index is 14.3. The van der Waals surface area contributed by atoms with Gasteiger partial charge in [0.1, 0.15) is 5.75 Å². The highest BCUT2D eigenvalue weighted by molar-refractivity contribution is 14.1. The van der Waals surface area contributed by atoms with Crippen molar-refractivity contribution in [1.82, 2.24) is 15.3 Å². The standard InChI is InChI=1S/C24H24FIN4O3/c1-14(12-26)8-11-33-19-13-27-9-6-15(19)21-22(20-17(29-21)7-10-28-24(20)31)30-18-5-3-4-16(25)23(18)32-2/h3-6,9,12-13,29-30H,7-8,10-11H2,1-2H3,(H,28,31)/b14-12-. The summed E-state index contributed by atoms with van der Waals surface area (Å²) in [6.45, 7) is 3.08. The molecule has 0 aliphatic carbocycles. The molecule has 2 aromatic heterocycles. The predicted molar refractivity (Wildman–Crippen MR) is 134 cm³/mol. The van der Waals surface area contributed by atoms with Crippen LogP contribution in [0, 0.1) is 5.82 Å². The number of carbonyl (C=O) groups excluding carboxylic acids is 1. The molecule has 1 aliphatic rings. The van der Waals surface area contributed by atoms with Crippen LogP contribution in [-0.2, 0) is 6.42 Å². The second-order valence-corrected chi connectivity index (χ2v) is 8.23. The average molecular weight is 562 g/mol. The van der Waals surface area contributed by atoms with Crippen LogP contribution in [0.1, 0.15) is 29.4 Å². The third kappa shape index (κ3) is 4.82. The molecular weight excluding hydrogens is 538 g/mol. The maximum Gasteiger partial charge on any atom is 0.255 e. The van der Waals surface area contributed by atoms with Crippen molar-refractivity contribution in [3.63, 3.8) is 0 Å². The number of halogens is 2. The lowest BCUT2D eigenvalue weighted by molar-refractivity contribution is 0.0947. The molecule has 0 fully saturated rings. The van der Waals surface area contributed by atoms with Crippen molar-refractivity contribution in [3.05, 3.63) is 63.4 Å². The Kier molecular flexibility index (Phi) is 7.17. The molecule has 1 aliphatic heterocycles. The molecule has 1 amide bonds. The number of carbonyl (C=O) groups is 1. The molecule has 3 heterocycles. The highest BCUT2D eigenvalue weighted by atomic mass is 127. The number of H-pyrrole nitrogens is 1. The SMILES string of the molecule is COc1c(F)cccc1Nc1c(-c2ccncc2OCC/C(C)=C\I)[nH]c2c1C(=O)NCC2. The van der Waals surface area contributed by atoms with E-state index in [2.05, 4.69) is 43.2 Å². The number of amides is 1. The van der Waals surface area contributed by atoms with Gasteiger partial charge in [0.05, 0.1) is 42.5 Å². The van der Waals surface area contributed by atoms with E-state index < -0.39 is 5.82 Å². The third-order valence-corrected chi connectivity index (χ3v) is 6.45. The first-order valence-corrected chi connectivity index (χ1v) is 11.7. The van der Waals surface area contributed by atoms with Gasteiger partial charge in [0.25, 0.3) is 5.91 Å². The third-order valence-electron chi connectivity index (χ3n) is 5.39. The van der Waals surface area contributed by atoms with Gasteiger partial charge in [-0.25, -0.2) is 4.39 Å². The fraction of sp³-hybridized carbons (Fsp3) is 0.250. The van der Waals surface area contributed by atoms with Gasteiger partial charge >= 0.3 is 0 Å². The molecular formula is C24H24FIN4O3. The molecule has 7 nitrogen and oxygen atoms in total. The van der Waals surface area contributed by atoms with E-state index in [-0.39, 0.29) is 11.7 Å². The number of methoxy groups -OCH3 is 1. The van der Waals surface area contributed by atoms with E-state index in [1.54, 1.807) is 24.5 Å². The summed E-state index contributed by atoms with van der Waals surface area (Å²) < 4.78 is 27.7. The molecule has 3 aromatic rings. The van der Waals surface area contributed by atoms with Gasteiger partial charge in [0.15, 0.2) is 11.6 Å². The first kappa shape index (κ1) is 23.1. The number of benzene rings is 1. The fourth-order valence-electron chi connectivity index (χ4n) is 3.73. The van der Waals surface area contributed by atoms with E-state index in [9.17, 15) is 9.18 Å². The zero-order valence-corrected chi connectivity index (χ0v) is 20.5. The van der Waals surface area contributed by atoms with Crippen LogP contribution in [-0.4, -0.2) is 36.1 Å². The number of nitrogens with zero attached hydrogens (tertiary/aromatic N) is 1. The number of rotatable bonds is 8. The number of para-hydroxylation sites is 1. The van der Waals surface area contributed by atoms with E-state index >= 15 is 0 Å². The fourth-order valence-corrected chi connectivity index (χ4v) is 4.05. The largest absolute Gasteiger partial charge is 0.492 e. The van der Waals surface area contributed by atoms with E-state index in [0.717, 1.165) is 17.7 Å². The first-order chi connectivity index (χ1) is 16.0. The summed E-state index contributed by atoms with van der Waals surface area (Å²) in [5, 5.41) is 6.12. The Hall–Kier alpha value is -3.08. The molecule has 9 heteroatoms. The van der Waals surface area contributed by atoms with Crippen molar-refractivity contribution in [2.45, 2.75) is 19.8 Å². The topological polar surface area (TPSA) is 88.3 Å². The van der Waals surface area contributed by atoms with Crippen LogP contribution in [0.4, 0.5) is 15.8 Å². The molecule has 172 valence electrons. The number of hydrogen-bond donors (Lipinski definition) is 3. The molecule has 0 saturated carbocycles. The minimum absolute atomic E-state index is 0.0712. The summed E-state index contributed by atoms with van der Waals surface area (Å²) in [6, 6.07) is 6.45. The maximum atomic E-state index is 14.3. The van der Waals surface area contributed by atoms with Crippen LogP contribution in [0.15, 0.2) is 46.3 Å². The molecule has 1 aromatic carbocycles. The molecule has 33 heavy (non-hydrogen) atoms. The molecule has 0 radical (unpaired) electrons. The molecule has 3 N–H and O–H groups in total. The number of aromatic amines is 1. The zero-order chi connectivity index (χ0) is 23.4. The van der Waals surface area contributed by atoms with Gasteiger partial charge in [0.2, 0.25) is 0 Å². The number of ether oxygens (including phenoxy) is 2. The molecule has 0 unspecified atom stereocenters. The Bertz CT molecular complexity index is 1210. The summed E-state index contributed by atoms with van der Waals surface area (Å²) in [5.41, 5.74) is 4.88. The number of nitrogens with one attached hydrogen (secondary N) is 3. The summed E-state index contributed by atoms with van der Waals surface area (Å²) in [7, 11) is 1.41. The van der Waals surface area contributed by atoms with Gasteiger partial charge in [0, 0.05) is 36.8 Å². The quantitative estimate of drug-likeness (QED) is 0.322. The lowest BCUT2D eigenvalue weighted by Gasteiger charge is -2.17. The van der Waals surface area contributed by atoms with Gasteiger partial charge in [-0.1, -0.05) is 34.2 Å². The van der Waals surface area contributed by atoms with Gasteiger partial charge in [-0.2, -0.15) is 0 Å². The molecule has 4 rings (SSSR count). The van der Waals surface area contributed by atoms with E-state index in [1.165, 1.54) is 18.7 Å². The molecule has 0 saturated heterocycles.